The van der Waals surface area contributed by atoms with Gasteiger partial charge in [-0.25, -0.2) is 0 Å². The number of carbonyl (C=O) groups is 1. The topological polar surface area (TPSA) is 50.1 Å². The number of nitrogens with zero attached hydrogens (tertiary/aromatic N) is 1. The van der Waals surface area contributed by atoms with Gasteiger partial charge in [0.25, 0.3) is 8.32 Å². The summed E-state index contributed by atoms with van der Waals surface area (Å²) in [4.78, 5) is 11.6. The Kier molecular flexibility index (Phi) is 6.90. The number of Topliss-reactive ketones (excluding diaryl/α,β-unsaturated/α-hetero) is 1. The highest BCUT2D eigenvalue weighted by Crippen LogP contribution is 2.36. The highest BCUT2D eigenvalue weighted by molar-refractivity contribution is 6.99. The molecule has 4 heteroatoms. The van der Waals surface area contributed by atoms with Crippen LogP contribution in [0.2, 0.25) is 5.04 Å². The molecule has 136 valence electrons. The SMILES string of the molecule is CC(C)(C)[Si](OCCCC(=O)CC#N)(c1ccccc1)c1ccccc1. The maximum atomic E-state index is 11.6. The van der Waals surface area contributed by atoms with Crippen molar-refractivity contribution in [3.05, 3.63) is 60.7 Å². The Morgan fingerprint density at radius 1 is 1.00 bits per heavy atom. The molecule has 0 saturated carbocycles. The fourth-order valence-corrected chi connectivity index (χ4v) is 8.04. The first-order valence-electron chi connectivity index (χ1n) is 9.05. The van der Waals surface area contributed by atoms with Gasteiger partial charge in [-0.2, -0.15) is 5.26 Å². The van der Waals surface area contributed by atoms with E-state index >= 15 is 0 Å². The zero-order chi connectivity index (χ0) is 19.0. The third-order valence-electron chi connectivity index (χ3n) is 4.61. The predicted molar refractivity (Wildman–Crippen MR) is 108 cm³/mol. The molecule has 0 aliphatic rings. The van der Waals surface area contributed by atoms with Crippen LogP contribution >= 0.6 is 0 Å². The fraction of sp³-hybridized carbons (Fsp3) is 0.364. The normalized spacial score (nSPS) is 11.8. The number of hydrogen-bond acceptors (Lipinski definition) is 3. The van der Waals surface area contributed by atoms with Crippen molar-refractivity contribution in [3.8, 4) is 6.07 Å². The van der Waals surface area contributed by atoms with Gasteiger partial charge >= 0.3 is 0 Å². The van der Waals surface area contributed by atoms with Crippen molar-refractivity contribution in [3.63, 3.8) is 0 Å². The number of ketones is 1. The molecular weight excluding hydrogens is 338 g/mol. The van der Waals surface area contributed by atoms with E-state index < -0.39 is 8.32 Å². The molecule has 0 N–H and O–H groups in total. The minimum atomic E-state index is -2.52. The molecule has 0 aliphatic carbocycles. The van der Waals surface area contributed by atoms with E-state index in [0.717, 1.165) is 0 Å². The summed E-state index contributed by atoms with van der Waals surface area (Å²) in [6.45, 7) is 7.23. The molecule has 0 atom stereocenters. The maximum Gasteiger partial charge on any atom is 0.261 e. The molecule has 0 amide bonds. The van der Waals surface area contributed by atoms with Gasteiger partial charge in [-0.1, -0.05) is 81.4 Å². The molecule has 26 heavy (non-hydrogen) atoms. The summed E-state index contributed by atoms with van der Waals surface area (Å²) in [6.07, 6.45) is 1.02. The average Bonchev–Trinajstić information content (AvgIpc) is 2.62. The largest absolute Gasteiger partial charge is 0.407 e. The molecule has 2 aromatic rings. The second-order valence-electron chi connectivity index (χ2n) is 7.49. The number of carbonyl (C=O) groups excluding carboxylic acids is 1. The van der Waals surface area contributed by atoms with Gasteiger partial charge in [-0.05, 0) is 21.8 Å². The van der Waals surface area contributed by atoms with Crippen molar-refractivity contribution >= 4 is 24.5 Å². The van der Waals surface area contributed by atoms with Crippen molar-refractivity contribution in [2.45, 2.75) is 45.1 Å². The van der Waals surface area contributed by atoms with Crippen LogP contribution in [0, 0.1) is 11.3 Å². The average molecular weight is 366 g/mol. The van der Waals surface area contributed by atoms with Gasteiger partial charge in [-0.3, -0.25) is 4.79 Å². The molecule has 0 fully saturated rings. The zero-order valence-corrected chi connectivity index (χ0v) is 16.9. The Hall–Kier alpha value is -2.22. The van der Waals surface area contributed by atoms with Crippen LogP contribution in [-0.2, 0) is 9.22 Å². The standard InChI is InChI=1S/C22H27NO2Si/c1-22(2,3)26(20-12-6-4-7-13-20,21-14-8-5-9-15-21)25-18-10-11-19(24)16-17-23/h4-9,12-15H,10-11,16,18H2,1-3H3. The van der Waals surface area contributed by atoms with Crippen LogP contribution in [0.3, 0.4) is 0 Å². The monoisotopic (exact) mass is 365 g/mol. The smallest absolute Gasteiger partial charge is 0.261 e. The minimum Gasteiger partial charge on any atom is -0.407 e. The summed E-state index contributed by atoms with van der Waals surface area (Å²) in [5.74, 6) is -0.0152. The lowest BCUT2D eigenvalue weighted by Gasteiger charge is -2.43. The Labute approximate surface area is 157 Å². The molecule has 2 aromatic carbocycles. The lowest BCUT2D eigenvalue weighted by atomic mass is 10.2. The van der Waals surface area contributed by atoms with E-state index in [2.05, 4.69) is 69.3 Å². The summed E-state index contributed by atoms with van der Waals surface area (Å²) in [5.41, 5.74) is 0. The van der Waals surface area contributed by atoms with Gasteiger partial charge in [0.15, 0.2) is 0 Å². The molecule has 0 aliphatic heterocycles. The van der Waals surface area contributed by atoms with Crippen molar-refractivity contribution in [1.29, 1.82) is 5.26 Å². The zero-order valence-electron chi connectivity index (χ0n) is 15.9. The Balaban J connectivity index is 2.35. The Morgan fingerprint density at radius 2 is 1.50 bits per heavy atom. The van der Waals surface area contributed by atoms with Gasteiger partial charge in [-0.15, -0.1) is 0 Å². The molecule has 2 rings (SSSR count). The molecule has 0 spiro atoms. The molecule has 0 heterocycles. The van der Waals surface area contributed by atoms with Crippen LogP contribution in [0.15, 0.2) is 60.7 Å². The molecule has 0 unspecified atom stereocenters. The second kappa shape index (κ2) is 8.93. The van der Waals surface area contributed by atoms with E-state index in [0.29, 0.717) is 19.4 Å². The van der Waals surface area contributed by atoms with E-state index in [9.17, 15) is 4.79 Å². The van der Waals surface area contributed by atoms with Crippen LogP contribution in [0.1, 0.15) is 40.0 Å². The predicted octanol–water partition coefficient (Wildman–Crippen LogP) is 3.83. The van der Waals surface area contributed by atoms with Gasteiger partial charge in [0.1, 0.15) is 5.78 Å². The van der Waals surface area contributed by atoms with Crippen LogP contribution in [-0.4, -0.2) is 20.7 Å². The number of rotatable bonds is 8. The first-order chi connectivity index (χ1) is 12.4. The van der Waals surface area contributed by atoms with E-state index in [1.165, 1.54) is 10.4 Å². The van der Waals surface area contributed by atoms with Crippen molar-refractivity contribution in [2.75, 3.05) is 6.61 Å². The first-order valence-corrected chi connectivity index (χ1v) is 11.0. The quantitative estimate of drug-likeness (QED) is 0.528. The van der Waals surface area contributed by atoms with Crippen LogP contribution < -0.4 is 10.4 Å². The van der Waals surface area contributed by atoms with Gasteiger partial charge in [0, 0.05) is 13.0 Å². The number of nitriles is 1. The number of hydrogen-bond donors (Lipinski definition) is 0. The van der Waals surface area contributed by atoms with Gasteiger partial charge < -0.3 is 4.43 Å². The van der Waals surface area contributed by atoms with E-state index in [-0.39, 0.29) is 17.2 Å². The van der Waals surface area contributed by atoms with Gasteiger partial charge in [0.2, 0.25) is 0 Å². The van der Waals surface area contributed by atoms with E-state index in [1.807, 2.05) is 18.2 Å². The highest BCUT2D eigenvalue weighted by Gasteiger charge is 2.49. The van der Waals surface area contributed by atoms with Gasteiger partial charge in [0.05, 0.1) is 12.5 Å². The summed E-state index contributed by atoms with van der Waals surface area (Å²) >= 11 is 0. The molecule has 0 saturated heterocycles. The van der Waals surface area contributed by atoms with Crippen LogP contribution in [0.4, 0.5) is 0 Å². The summed E-state index contributed by atoms with van der Waals surface area (Å²) in [6, 6.07) is 22.8. The Morgan fingerprint density at radius 3 is 1.92 bits per heavy atom. The van der Waals surface area contributed by atoms with Crippen molar-refractivity contribution < 1.29 is 9.22 Å². The first kappa shape index (κ1) is 20.1. The molecule has 3 nitrogen and oxygen atoms in total. The molecule has 0 radical (unpaired) electrons. The second-order valence-corrected chi connectivity index (χ2v) is 11.8. The van der Waals surface area contributed by atoms with E-state index in [4.69, 9.17) is 9.69 Å². The molecular formula is C22H27NO2Si. The highest BCUT2D eigenvalue weighted by atomic mass is 28.4. The van der Waals surface area contributed by atoms with Crippen molar-refractivity contribution in [2.24, 2.45) is 0 Å². The number of benzene rings is 2. The van der Waals surface area contributed by atoms with Crippen molar-refractivity contribution in [1.82, 2.24) is 0 Å². The maximum absolute atomic E-state index is 11.6. The van der Waals surface area contributed by atoms with Crippen LogP contribution in [0.5, 0.6) is 0 Å². The van der Waals surface area contributed by atoms with Crippen LogP contribution in [0.25, 0.3) is 0 Å². The lowest BCUT2D eigenvalue weighted by molar-refractivity contribution is -0.118. The minimum absolute atomic E-state index is 0.0147. The molecule has 0 aromatic heterocycles. The fourth-order valence-electron chi connectivity index (χ4n) is 3.43. The third-order valence-corrected chi connectivity index (χ3v) is 9.65. The summed E-state index contributed by atoms with van der Waals surface area (Å²) in [5, 5.41) is 11.0. The third kappa shape index (κ3) is 4.49. The lowest BCUT2D eigenvalue weighted by Crippen LogP contribution is -2.66. The Bertz CT molecular complexity index is 706. The van der Waals surface area contributed by atoms with E-state index in [1.54, 1.807) is 0 Å². The summed E-state index contributed by atoms with van der Waals surface area (Å²) in [7, 11) is -2.52. The molecule has 0 bridgehead atoms. The summed E-state index contributed by atoms with van der Waals surface area (Å²) < 4.78 is 6.70.